The molecule has 2 aliphatic carbocycles. The van der Waals surface area contributed by atoms with Crippen LogP contribution in [-0.2, 0) is 34.1 Å². The van der Waals surface area contributed by atoms with Crippen LogP contribution in [0, 0.1) is 24.7 Å². The Bertz CT molecular complexity index is 1240. The van der Waals surface area contributed by atoms with E-state index in [1.807, 2.05) is 27.7 Å². The zero-order chi connectivity index (χ0) is 29.2. The molecule has 8 nitrogen and oxygen atoms in total. The molecular formula is C29H45N5O3S2. The average Bonchev–Trinajstić information content (AvgIpc) is 3.58. The van der Waals surface area contributed by atoms with Crippen LogP contribution in [0.1, 0.15) is 96.0 Å². The molecule has 1 unspecified atom stereocenters. The topological polar surface area (TPSA) is 106 Å². The van der Waals surface area contributed by atoms with Crippen LogP contribution in [0.4, 0.5) is 5.00 Å². The number of rotatable bonds is 11. The van der Waals surface area contributed by atoms with Crippen LogP contribution in [0.5, 0.6) is 0 Å². The Morgan fingerprint density at radius 1 is 1.23 bits per heavy atom. The van der Waals surface area contributed by atoms with Crippen LogP contribution in [-0.4, -0.2) is 35.6 Å². The number of aryl methyl sites for hydroxylation is 1. The van der Waals surface area contributed by atoms with E-state index in [1.54, 1.807) is 6.33 Å². The Balaban J connectivity index is 0.00000127. The number of terminal acetylenes is 1. The third-order valence-corrected chi connectivity index (χ3v) is 9.57. The summed E-state index contributed by atoms with van der Waals surface area (Å²) in [6.07, 6.45) is 18.7. The molecule has 2 aromatic heterocycles. The van der Waals surface area contributed by atoms with Crippen molar-refractivity contribution in [2.45, 2.75) is 104 Å². The number of sulfonamides is 1. The summed E-state index contributed by atoms with van der Waals surface area (Å²) in [6.45, 7) is 12.6. The number of anilines is 1. The molecule has 2 N–H and O–H groups in total. The number of carbonyl (C=O) groups is 1. The van der Waals surface area contributed by atoms with Gasteiger partial charge in [0.05, 0.1) is 0 Å². The lowest BCUT2D eigenvalue weighted by molar-refractivity contribution is -0.117. The lowest BCUT2D eigenvalue weighted by atomic mass is 9.93. The second-order valence-corrected chi connectivity index (χ2v) is 12.8. The molecule has 0 saturated heterocycles. The Morgan fingerprint density at radius 3 is 2.51 bits per heavy atom. The van der Waals surface area contributed by atoms with Crippen LogP contribution < -0.4 is 10.0 Å². The monoisotopic (exact) mass is 575 g/mol. The summed E-state index contributed by atoms with van der Waals surface area (Å²) in [7, 11) is -3.77. The molecule has 0 aliphatic heterocycles. The van der Waals surface area contributed by atoms with Crippen LogP contribution in [0.25, 0.3) is 0 Å². The quantitative estimate of drug-likeness (QED) is 0.256. The Hall–Kier alpha value is -2.48. The first-order valence-electron chi connectivity index (χ1n) is 14.1. The summed E-state index contributed by atoms with van der Waals surface area (Å²) < 4.78 is 31.9. The maximum absolute atomic E-state index is 13.5. The van der Waals surface area contributed by atoms with E-state index in [0.717, 1.165) is 61.2 Å². The number of allylic oxidation sites excluding steroid dienone is 2. The zero-order valence-electron chi connectivity index (χ0n) is 24.3. The summed E-state index contributed by atoms with van der Waals surface area (Å²) in [5.74, 6) is 1.03. The first kappa shape index (κ1) is 32.7. The van der Waals surface area contributed by atoms with Gasteiger partial charge in [0.2, 0.25) is 15.9 Å². The number of nitrogens with zero attached hydrogens (tertiary/aromatic N) is 3. The van der Waals surface area contributed by atoms with Crippen molar-refractivity contribution >= 4 is 32.3 Å². The molecule has 2 aromatic rings. The van der Waals surface area contributed by atoms with Gasteiger partial charge in [-0.3, -0.25) is 4.79 Å². The van der Waals surface area contributed by atoms with E-state index in [2.05, 4.69) is 57.6 Å². The minimum Gasteiger partial charge on any atom is -0.316 e. The molecule has 216 valence electrons. The number of hydrogen-bond donors (Lipinski definition) is 2. The Kier molecular flexibility index (Phi) is 12.9. The third kappa shape index (κ3) is 8.50. The van der Waals surface area contributed by atoms with E-state index in [9.17, 15) is 13.2 Å². The van der Waals surface area contributed by atoms with Gasteiger partial charge in [0.15, 0.2) is 0 Å². The minimum atomic E-state index is -3.77. The molecule has 39 heavy (non-hydrogen) atoms. The molecule has 1 amide bonds. The normalized spacial score (nSPS) is 16.9. The second kappa shape index (κ2) is 15.3. The highest BCUT2D eigenvalue weighted by atomic mass is 32.2. The fourth-order valence-electron chi connectivity index (χ4n) is 4.58. The summed E-state index contributed by atoms with van der Waals surface area (Å²) in [6, 6.07) is 0.0767. The van der Waals surface area contributed by atoms with Crippen molar-refractivity contribution in [2.24, 2.45) is 11.8 Å². The van der Waals surface area contributed by atoms with Gasteiger partial charge in [0, 0.05) is 29.8 Å². The Morgan fingerprint density at radius 2 is 1.92 bits per heavy atom. The van der Waals surface area contributed by atoms with Gasteiger partial charge in [0.25, 0.3) is 0 Å². The molecular weight excluding hydrogens is 530 g/mol. The van der Waals surface area contributed by atoms with E-state index < -0.39 is 10.0 Å². The lowest BCUT2D eigenvalue weighted by Crippen LogP contribution is -2.30. The highest BCUT2D eigenvalue weighted by molar-refractivity contribution is 7.90. The van der Waals surface area contributed by atoms with E-state index in [0.29, 0.717) is 18.0 Å². The van der Waals surface area contributed by atoms with Crippen LogP contribution in [0.2, 0.25) is 0 Å². The van der Waals surface area contributed by atoms with Crippen molar-refractivity contribution in [3.05, 3.63) is 34.2 Å². The lowest BCUT2D eigenvalue weighted by Gasteiger charge is -2.25. The molecule has 0 spiro atoms. The van der Waals surface area contributed by atoms with Gasteiger partial charge in [-0.15, -0.1) is 34.4 Å². The van der Waals surface area contributed by atoms with Gasteiger partial charge < -0.3 is 9.88 Å². The van der Waals surface area contributed by atoms with Gasteiger partial charge in [-0.2, -0.15) is 0 Å². The number of nitrogens with one attached hydrogen (secondary N) is 2. The molecule has 0 bridgehead atoms. The van der Waals surface area contributed by atoms with E-state index in [4.69, 9.17) is 0 Å². The molecule has 0 radical (unpaired) electrons. The number of fused-ring (bicyclic) bond motifs is 1. The summed E-state index contributed by atoms with van der Waals surface area (Å²) >= 11 is 1.42. The van der Waals surface area contributed by atoms with Crippen molar-refractivity contribution in [1.29, 1.82) is 0 Å². The second-order valence-electron chi connectivity index (χ2n) is 10.0. The Labute approximate surface area is 239 Å². The smallest absolute Gasteiger partial charge is 0.243 e. The van der Waals surface area contributed by atoms with Gasteiger partial charge >= 0.3 is 0 Å². The SMILES string of the molecule is C#C.CC.CC/C=C(\CC)Cc1nncn1C1CCc2sc(NC(=O)C3CC3)c(S(=O)(=O)NCC(C)C)c2C1. The van der Waals surface area contributed by atoms with Crippen molar-refractivity contribution in [1.82, 2.24) is 19.5 Å². The molecule has 1 atom stereocenters. The highest BCUT2D eigenvalue weighted by Crippen LogP contribution is 2.44. The van der Waals surface area contributed by atoms with E-state index in [1.165, 1.54) is 16.9 Å². The van der Waals surface area contributed by atoms with Crippen LogP contribution in [0.3, 0.4) is 0 Å². The van der Waals surface area contributed by atoms with E-state index >= 15 is 0 Å². The fraction of sp³-hybridized carbons (Fsp3) is 0.621. The molecule has 0 aromatic carbocycles. The zero-order valence-corrected chi connectivity index (χ0v) is 25.9. The number of amides is 1. The molecule has 1 fully saturated rings. The standard InChI is InChI=1S/C25H37N5O3S2.C2H6.C2H2/c1-5-7-17(6-2)12-22-29-26-15-30(22)19-10-11-21-20(13-19)23(35(32,33)27-14-16(3)4)25(34-21)28-24(31)18-8-9-18;2*1-2/h7,15-16,18-19,27H,5-6,8-14H2,1-4H3,(H,28,31);1-2H3;1-2H/b17-7+;;. The summed E-state index contributed by atoms with van der Waals surface area (Å²) in [5, 5.41) is 12.0. The van der Waals surface area contributed by atoms with Crippen molar-refractivity contribution in [2.75, 3.05) is 11.9 Å². The van der Waals surface area contributed by atoms with Crippen LogP contribution >= 0.6 is 11.3 Å². The predicted octanol–water partition coefficient (Wildman–Crippen LogP) is 5.92. The number of hydrogen-bond acceptors (Lipinski definition) is 6. The van der Waals surface area contributed by atoms with Crippen molar-refractivity contribution in [3.63, 3.8) is 0 Å². The average molecular weight is 576 g/mol. The summed E-state index contributed by atoms with van der Waals surface area (Å²) in [4.78, 5) is 13.9. The first-order valence-corrected chi connectivity index (χ1v) is 16.4. The first-order chi connectivity index (χ1) is 18.7. The highest BCUT2D eigenvalue weighted by Gasteiger charge is 2.36. The largest absolute Gasteiger partial charge is 0.316 e. The third-order valence-electron chi connectivity index (χ3n) is 6.69. The van der Waals surface area contributed by atoms with Crippen molar-refractivity contribution < 1.29 is 13.2 Å². The van der Waals surface area contributed by atoms with Crippen molar-refractivity contribution in [3.8, 4) is 12.8 Å². The number of carbonyl (C=O) groups excluding carboxylic acids is 1. The van der Waals surface area contributed by atoms with Crippen LogP contribution in [0.15, 0.2) is 22.9 Å². The molecule has 2 aliphatic rings. The minimum absolute atomic E-state index is 0.00423. The maximum atomic E-state index is 13.5. The number of aromatic nitrogens is 3. The molecule has 1 saturated carbocycles. The summed E-state index contributed by atoms with van der Waals surface area (Å²) in [5.41, 5.74) is 2.16. The number of thiophene rings is 1. The van der Waals surface area contributed by atoms with Gasteiger partial charge in [-0.25, -0.2) is 13.1 Å². The molecule has 2 heterocycles. The fourth-order valence-corrected chi connectivity index (χ4v) is 7.77. The molecule has 4 rings (SSSR count). The molecule has 10 heteroatoms. The van der Waals surface area contributed by atoms with Gasteiger partial charge in [-0.1, -0.05) is 53.2 Å². The van der Waals surface area contributed by atoms with Gasteiger partial charge in [0.1, 0.15) is 22.0 Å². The van der Waals surface area contributed by atoms with E-state index in [-0.39, 0.29) is 28.7 Å². The van der Waals surface area contributed by atoms with Gasteiger partial charge in [-0.05, 0) is 56.4 Å². The maximum Gasteiger partial charge on any atom is 0.243 e. The predicted molar refractivity (Wildman–Crippen MR) is 160 cm³/mol.